The summed E-state index contributed by atoms with van der Waals surface area (Å²) in [6, 6.07) is 14.0. The summed E-state index contributed by atoms with van der Waals surface area (Å²) >= 11 is 0. The van der Waals surface area contributed by atoms with E-state index >= 15 is 0 Å². The number of para-hydroxylation sites is 1. The number of amides is 2. The summed E-state index contributed by atoms with van der Waals surface area (Å²) in [5.41, 5.74) is 0.726. The Hall–Kier alpha value is -2.98. The lowest BCUT2D eigenvalue weighted by Gasteiger charge is -2.33. The molecule has 2 aromatic carbocycles. The quantitative estimate of drug-likeness (QED) is 0.535. The standard InChI is InChI=1S/C23H31FN4O4S/c1-5-20(23(30)25-2)27(16-15-18-11-7-6-8-12-18)22(29)17-28(33(31,32)26(3)4)21-14-10-9-13-19(21)24/h6-14,20H,5,15-17H2,1-4H3,(H,25,30)/t20-/m1/s1. The number of hydrogen-bond acceptors (Lipinski definition) is 4. The smallest absolute Gasteiger partial charge is 0.304 e. The van der Waals surface area contributed by atoms with Crippen LogP contribution in [-0.4, -0.2) is 69.7 Å². The van der Waals surface area contributed by atoms with E-state index in [4.69, 9.17) is 0 Å². The van der Waals surface area contributed by atoms with Crippen LogP contribution in [-0.2, 0) is 26.2 Å². The summed E-state index contributed by atoms with van der Waals surface area (Å²) < 4.78 is 42.2. The topological polar surface area (TPSA) is 90.0 Å². The summed E-state index contributed by atoms with van der Waals surface area (Å²) in [5, 5.41) is 2.56. The van der Waals surface area contributed by atoms with Crippen LogP contribution in [0.4, 0.5) is 10.1 Å². The molecule has 0 aromatic heterocycles. The van der Waals surface area contributed by atoms with Crippen molar-refractivity contribution in [2.24, 2.45) is 0 Å². The molecule has 0 spiro atoms. The van der Waals surface area contributed by atoms with Crippen LogP contribution in [0.1, 0.15) is 18.9 Å². The molecule has 1 N–H and O–H groups in total. The Morgan fingerprint density at radius 2 is 1.64 bits per heavy atom. The van der Waals surface area contributed by atoms with Crippen molar-refractivity contribution in [3.63, 3.8) is 0 Å². The van der Waals surface area contributed by atoms with Crippen LogP contribution in [0.3, 0.4) is 0 Å². The number of hydrogen-bond donors (Lipinski definition) is 1. The predicted molar refractivity (Wildman–Crippen MR) is 126 cm³/mol. The van der Waals surface area contributed by atoms with E-state index in [0.717, 1.165) is 20.2 Å². The van der Waals surface area contributed by atoms with Gasteiger partial charge < -0.3 is 10.2 Å². The number of carbonyl (C=O) groups excluding carboxylic acids is 2. The van der Waals surface area contributed by atoms with Crippen molar-refractivity contribution in [3.8, 4) is 0 Å². The second-order valence-corrected chi connectivity index (χ2v) is 9.68. The Kier molecular flexibility index (Phi) is 9.36. The van der Waals surface area contributed by atoms with Crippen LogP contribution in [0.15, 0.2) is 54.6 Å². The Balaban J connectivity index is 2.42. The number of likely N-dealkylation sites (N-methyl/N-ethyl adjacent to an activating group) is 1. The minimum Gasteiger partial charge on any atom is -0.357 e. The monoisotopic (exact) mass is 478 g/mol. The molecule has 180 valence electrons. The summed E-state index contributed by atoms with van der Waals surface area (Å²) in [7, 11) is -0.0992. The number of benzene rings is 2. The molecule has 10 heteroatoms. The van der Waals surface area contributed by atoms with E-state index in [1.807, 2.05) is 30.3 Å². The lowest BCUT2D eigenvalue weighted by molar-refractivity contribution is -0.139. The van der Waals surface area contributed by atoms with Crippen LogP contribution in [0.5, 0.6) is 0 Å². The van der Waals surface area contributed by atoms with E-state index in [-0.39, 0.29) is 18.1 Å². The van der Waals surface area contributed by atoms with Gasteiger partial charge in [0, 0.05) is 27.7 Å². The van der Waals surface area contributed by atoms with Gasteiger partial charge >= 0.3 is 10.2 Å². The molecule has 1 atom stereocenters. The van der Waals surface area contributed by atoms with Crippen molar-refractivity contribution in [1.29, 1.82) is 0 Å². The van der Waals surface area contributed by atoms with Gasteiger partial charge in [0.1, 0.15) is 18.4 Å². The Labute approximate surface area is 195 Å². The van der Waals surface area contributed by atoms with Crippen molar-refractivity contribution in [2.75, 3.05) is 38.5 Å². The number of anilines is 1. The van der Waals surface area contributed by atoms with Gasteiger partial charge in [0.05, 0.1) is 5.69 Å². The molecule has 0 aliphatic carbocycles. The largest absolute Gasteiger partial charge is 0.357 e. The highest BCUT2D eigenvalue weighted by Crippen LogP contribution is 2.23. The summed E-state index contributed by atoms with van der Waals surface area (Å²) in [4.78, 5) is 27.3. The molecule has 8 nitrogen and oxygen atoms in total. The number of nitrogens with one attached hydrogen (secondary N) is 1. The summed E-state index contributed by atoms with van der Waals surface area (Å²) in [5.74, 6) is -1.73. The molecule has 0 aliphatic heterocycles. The average Bonchev–Trinajstić information content (AvgIpc) is 2.80. The van der Waals surface area contributed by atoms with Crippen LogP contribution in [0.2, 0.25) is 0 Å². The highest BCUT2D eigenvalue weighted by Gasteiger charge is 2.34. The van der Waals surface area contributed by atoms with E-state index in [1.165, 1.54) is 44.2 Å². The van der Waals surface area contributed by atoms with Gasteiger partial charge in [-0.2, -0.15) is 12.7 Å². The highest BCUT2D eigenvalue weighted by molar-refractivity contribution is 7.90. The molecule has 0 bridgehead atoms. The minimum atomic E-state index is -4.19. The van der Waals surface area contributed by atoms with Crippen molar-refractivity contribution < 1.29 is 22.4 Å². The molecule has 0 saturated heterocycles. The zero-order chi connectivity index (χ0) is 24.6. The summed E-state index contributed by atoms with van der Waals surface area (Å²) in [6.45, 7) is 1.32. The second kappa shape index (κ2) is 11.8. The molecular weight excluding hydrogens is 447 g/mol. The van der Waals surface area contributed by atoms with E-state index < -0.39 is 34.5 Å². The zero-order valence-corrected chi connectivity index (χ0v) is 20.2. The molecule has 2 aromatic rings. The fourth-order valence-electron chi connectivity index (χ4n) is 3.42. The van der Waals surface area contributed by atoms with Gasteiger partial charge in [-0.15, -0.1) is 0 Å². The third-order valence-corrected chi connectivity index (χ3v) is 7.06. The number of halogens is 1. The maximum absolute atomic E-state index is 14.5. The van der Waals surface area contributed by atoms with Gasteiger partial charge in [0.25, 0.3) is 0 Å². The first-order chi connectivity index (χ1) is 15.6. The van der Waals surface area contributed by atoms with Crippen LogP contribution in [0, 0.1) is 5.82 Å². The van der Waals surface area contributed by atoms with Gasteiger partial charge in [0.2, 0.25) is 11.8 Å². The Bertz CT molecular complexity index is 1050. The molecule has 0 radical (unpaired) electrons. The first-order valence-corrected chi connectivity index (χ1v) is 12.0. The first kappa shape index (κ1) is 26.3. The molecule has 2 amide bonds. The van der Waals surface area contributed by atoms with Crippen LogP contribution < -0.4 is 9.62 Å². The normalized spacial score (nSPS) is 12.3. The number of rotatable bonds is 11. The fraction of sp³-hybridized carbons (Fsp3) is 0.391. The Morgan fingerprint density at radius 3 is 2.18 bits per heavy atom. The molecule has 0 aliphatic rings. The van der Waals surface area contributed by atoms with Crippen LogP contribution >= 0.6 is 0 Å². The molecule has 0 unspecified atom stereocenters. The lowest BCUT2D eigenvalue weighted by atomic mass is 10.1. The average molecular weight is 479 g/mol. The van der Waals surface area contributed by atoms with E-state index in [0.29, 0.717) is 12.8 Å². The number of carbonyl (C=O) groups is 2. The van der Waals surface area contributed by atoms with Gasteiger partial charge in [0.15, 0.2) is 0 Å². The zero-order valence-electron chi connectivity index (χ0n) is 19.4. The van der Waals surface area contributed by atoms with E-state index in [1.54, 1.807) is 6.92 Å². The predicted octanol–water partition coefficient (Wildman–Crippen LogP) is 2.03. The van der Waals surface area contributed by atoms with Crippen molar-refractivity contribution >= 4 is 27.7 Å². The van der Waals surface area contributed by atoms with Crippen molar-refractivity contribution in [3.05, 3.63) is 66.0 Å². The maximum atomic E-state index is 14.5. The molecule has 33 heavy (non-hydrogen) atoms. The SMILES string of the molecule is CC[C@H](C(=O)NC)N(CCc1ccccc1)C(=O)CN(c1ccccc1F)S(=O)(=O)N(C)C. The summed E-state index contributed by atoms with van der Waals surface area (Å²) in [6.07, 6.45) is 0.806. The molecule has 0 fully saturated rings. The highest BCUT2D eigenvalue weighted by atomic mass is 32.2. The van der Waals surface area contributed by atoms with E-state index in [2.05, 4.69) is 5.32 Å². The molecular formula is C23H31FN4O4S. The van der Waals surface area contributed by atoms with Crippen molar-refractivity contribution in [2.45, 2.75) is 25.8 Å². The van der Waals surface area contributed by atoms with Crippen molar-refractivity contribution in [1.82, 2.24) is 14.5 Å². The fourth-order valence-corrected chi connectivity index (χ4v) is 4.48. The van der Waals surface area contributed by atoms with Gasteiger partial charge in [-0.1, -0.05) is 49.4 Å². The maximum Gasteiger partial charge on any atom is 0.304 e. The van der Waals surface area contributed by atoms with Crippen LogP contribution in [0.25, 0.3) is 0 Å². The van der Waals surface area contributed by atoms with Gasteiger partial charge in [-0.3, -0.25) is 9.59 Å². The van der Waals surface area contributed by atoms with E-state index in [9.17, 15) is 22.4 Å². The number of nitrogens with zero attached hydrogens (tertiary/aromatic N) is 3. The first-order valence-electron chi connectivity index (χ1n) is 10.6. The lowest BCUT2D eigenvalue weighted by Crippen LogP contribution is -2.53. The Morgan fingerprint density at radius 1 is 1.03 bits per heavy atom. The van der Waals surface area contributed by atoms with Gasteiger partial charge in [-0.25, -0.2) is 8.70 Å². The minimum absolute atomic E-state index is 0.196. The third-order valence-electron chi connectivity index (χ3n) is 5.26. The molecule has 0 saturated carbocycles. The second-order valence-electron chi connectivity index (χ2n) is 7.61. The van der Waals surface area contributed by atoms with Gasteiger partial charge in [-0.05, 0) is 30.5 Å². The molecule has 0 heterocycles. The molecule has 2 rings (SSSR count). The third kappa shape index (κ3) is 6.52.